The second-order valence-corrected chi connectivity index (χ2v) is 8.56. The van der Waals surface area contributed by atoms with Gasteiger partial charge in [0.05, 0.1) is 0 Å². The van der Waals surface area contributed by atoms with Crippen LogP contribution in [0.2, 0.25) is 0 Å². The molecular formula is C25H36O2. The van der Waals surface area contributed by atoms with Crippen LogP contribution in [0.1, 0.15) is 88.2 Å². The van der Waals surface area contributed by atoms with Gasteiger partial charge < -0.3 is 4.74 Å². The molecule has 1 aromatic rings. The van der Waals surface area contributed by atoms with Crippen molar-refractivity contribution in [3.8, 4) is 0 Å². The smallest absolute Gasteiger partial charge is 0.306 e. The number of rotatable bonds is 7. The number of allylic oxidation sites excluding steroid dienone is 1. The summed E-state index contributed by atoms with van der Waals surface area (Å²) in [6, 6.07) is 9.32. The fourth-order valence-corrected chi connectivity index (χ4v) is 5.09. The van der Waals surface area contributed by atoms with Gasteiger partial charge in [-0.3, -0.25) is 4.79 Å². The highest BCUT2D eigenvalue weighted by atomic mass is 16.5. The van der Waals surface area contributed by atoms with Crippen LogP contribution in [0.3, 0.4) is 0 Å². The molecule has 0 saturated heterocycles. The Labute approximate surface area is 165 Å². The molecule has 2 nitrogen and oxygen atoms in total. The minimum Gasteiger partial charge on any atom is -0.462 e. The highest BCUT2D eigenvalue weighted by molar-refractivity contribution is 5.69. The number of ether oxygens (including phenoxy) is 1. The van der Waals surface area contributed by atoms with Crippen LogP contribution in [0.15, 0.2) is 36.9 Å². The Morgan fingerprint density at radius 3 is 2.15 bits per heavy atom. The lowest BCUT2D eigenvalue weighted by atomic mass is 9.69. The standard InChI is InChI=1S/C25H36O2/c1-3-5-6-25(26)27-24-17-15-23(16-18-24)22-13-11-21(12-14-22)20-9-7-19(4-2)8-10-20/h3,7-10,21-24H,1,4-6,11-18H2,2H3. The fourth-order valence-electron chi connectivity index (χ4n) is 5.09. The zero-order chi connectivity index (χ0) is 19.1. The first-order valence-corrected chi connectivity index (χ1v) is 11.1. The Hall–Kier alpha value is -1.57. The summed E-state index contributed by atoms with van der Waals surface area (Å²) in [5.74, 6) is 2.44. The normalized spacial score (nSPS) is 28.5. The molecular weight excluding hydrogens is 332 g/mol. The van der Waals surface area contributed by atoms with Gasteiger partial charge in [0.1, 0.15) is 6.10 Å². The van der Waals surface area contributed by atoms with Gasteiger partial charge >= 0.3 is 5.97 Å². The molecule has 0 radical (unpaired) electrons. The van der Waals surface area contributed by atoms with Crippen LogP contribution in [-0.4, -0.2) is 12.1 Å². The van der Waals surface area contributed by atoms with Gasteiger partial charge in [0, 0.05) is 6.42 Å². The molecule has 2 aliphatic carbocycles. The number of carbonyl (C=O) groups is 1. The van der Waals surface area contributed by atoms with E-state index in [-0.39, 0.29) is 12.1 Å². The van der Waals surface area contributed by atoms with Crippen molar-refractivity contribution >= 4 is 5.97 Å². The van der Waals surface area contributed by atoms with E-state index in [0.29, 0.717) is 6.42 Å². The number of aryl methyl sites for hydroxylation is 1. The largest absolute Gasteiger partial charge is 0.462 e. The summed E-state index contributed by atoms with van der Waals surface area (Å²) < 4.78 is 5.64. The first kappa shape index (κ1) is 20.2. The molecule has 0 atom stereocenters. The third-order valence-corrected chi connectivity index (χ3v) is 6.87. The molecule has 148 valence electrons. The summed E-state index contributed by atoms with van der Waals surface area (Å²) in [5.41, 5.74) is 2.98. The van der Waals surface area contributed by atoms with E-state index in [4.69, 9.17) is 4.74 Å². The summed E-state index contributed by atoms with van der Waals surface area (Å²) in [4.78, 5) is 11.8. The molecule has 0 bridgehead atoms. The quantitative estimate of drug-likeness (QED) is 0.401. The molecule has 27 heavy (non-hydrogen) atoms. The van der Waals surface area contributed by atoms with E-state index in [1.165, 1.54) is 44.1 Å². The van der Waals surface area contributed by atoms with Crippen LogP contribution in [0.25, 0.3) is 0 Å². The molecule has 3 rings (SSSR count). The highest BCUT2D eigenvalue weighted by Gasteiger charge is 2.32. The van der Waals surface area contributed by atoms with Crippen molar-refractivity contribution in [3.05, 3.63) is 48.0 Å². The number of benzene rings is 1. The molecule has 0 amide bonds. The maximum atomic E-state index is 11.8. The van der Waals surface area contributed by atoms with Gasteiger partial charge in [-0.05, 0) is 93.1 Å². The fraction of sp³-hybridized carbons (Fsp3) is 0.640. The van der Waals surface area contributed by atoms with Gasteiger partial charge in [0.2, 0.25) is 0 Å². The first-order chi connectivity index (χ1) is 13.2. The molecule has 2 fully saturated rings. The molecule has 2 heteroatoms. The summed E-state index contributed by atoms with van der Waals surface area (Å²) >= 11 is 0. The van der Waals surface area contributed by atoms with Crippen LogP contribution in [-0.2, 0) is 16.0 Å². The van der Waals surface area contributed by atoms with Crippen LogP contribution >= 0.6 is 0 Å². The summed E-state index contributed by atoms with van der Waals surface area (Å²) in [6.07, 6.45) is 14.3. The zero-order valence-electron chi connectivity index (χ0n) is 17.0. The van der Waals surface area contributed by atoms with Gasteiger partial charge in [0.15, 0.2) is 0 Å². The Morgan fingerprint density at radius 2 is 1.59 bits per heavy atom. The molecule has 0 unspecified atom stereocenters. The Kier molecular flexibility index (Phi) is 7.55. The first-order valence-electron chi connectivity index (χ1n) is 11.1. The lowest BCUT2D eigenvalue weighted by Gasteiger charge is -2.37. The van der Waals surface area contributed by atoms with Gasteiger partial charge in [-0.1, -0.05) is 37.3 Å². The van der Waals surface area contributed by atoms with Crippen molar-refractivity contribution in [2.45, 2.75) is 89.6 Å². The van der Waals surface area contributed by atoms with Crippen molar-refractivity contribution in [1.29, 1.82) is 0 Å². The Morgan fingerprint density at radius 1 is 1.00 bits per heavy atom. The van der Waals surface area contributed by atoms with Crippen molar-refractivity contribution in [2.75, 3.05) is 0 Å². The second kappa shape index (κ2) is 10.1. The monoisotopic (exact) mass is 368 g/mol. The molecule has 2 aliphatic rings. The minimum atomic E-state index is -0.0482. The zero-order valence-corrected chi connectivity index (χ0v) is 17.0. The van der Waals surface area contributed by atoms with Crippen LogP contribution in [0, 0.1) is 11.8 Å². The lowest BCUT2D eigenvalue weighted by Crippen LogP contribution is -2.29. The molecule has 0 spiro atoms. The minimum absolute atomic E-state index is 0.0482. The van der Waals surface area contributed by atoms with E-state index in [9.17, 15) is 4.79 Å². The second-order valence-electron chi connectivity index (χ2n) is 8.56. The van der Waals surface area contributed by atoms with Crippen molar-refractivity contribution < 1.29 is 9.53 Å². The van der Waals surface area contributed by atoms with Gasteiger partial charge in [-0.25, -0.2) is 0 Å². The van der Waals surface area contributed by atoms with Crippen molar-refractivity contribution in [3.63, 3.8) is 0 Å². The molecule has 0 heterocycles. The van der Waals surface area contributed by atoms with Crippen molar-refractivity contribution in [2.24, 2.45) is 11.8 Å². The van der Waals surface area contributed by atoms with Crippen molar-refractivity contribution in [1.82, 2.24) is 0 Å². The third kappa shape index (κ3) is 5.70. The summed E-state index contributed by atoms with van der Waals surface area (Å²) in [7, 11) is 0. The number of esters is 1. The van der Waals surface area contributed by atoms with Gasteiger partial charge in [-0.15, -0.1) is 6.58 Å². The van der Waals surface area contributed by atoms with E-state index < -0.39 is 0 Å². The van der Waals surface area contributed by atoms with E-state index in [0.717, 1.165) is 43.4 Å². The van der Waals surface area contributed by atoms with Crippen LogP contribution in [0.5, 0.6) is 0 Å². The molecule has 0 aromatic heterocycles. The average Bonchev–Trinajstić information content (AvgIpc) is 2.73. The van der Waals surface area contributed by atoms with E-state index in [2.05, 4.69) is 37.8 Å². The summed E-state index contributed by atoms with van der Waals surface area (Å²) in [6.45, 7) is 5.89. The molecule has 0 aliphatic heterocycles. The van der Waals surface area contributed by atoms with E-state index in [1.807, 2.05) is 0 Å². The van der Waals surface area contributed by atoms with Gasteiger partial charge in [0.25, 0.3) is 0 Å². The SMILES string of the molecule is C=CCCC(=O)OC1CCC(C2CCC(c3ccc(CC)cc3)CC2)CC1. The van der Waals surface area contributed by atoms with E-state index in [1.54, 1.807) is 11.6 Å². The predicted molar refractivity (Wildman–Crippen MR) is 112 cm³/mol. The highest BCUT2D eigenvalue weighted by Crippen LogP contribution is 2.43. The maximum absolute atomic E-state index is 11.8. The van der Waals surface area contributed by atoms with E-state index >= 15 is 0 Å². The topological polar surface area (TPSA) is 26.3 Å². The predicted octanol–water partition coefficient (Wildman–Crippen LogP) is 6.59. The molecule has 2 saturated carbocycles. The third-order valence-electron chi connectivity index (χ3n) is 6.87. The molecule has 1 aromatic carbocycles. The summed E-state index contributed by atoms with van der Waals surface area (Å²) in [5, 5.41) is 0. The Bertz CT molecular complexity index is 587. The molecule has 0 N–H and O–H groups in total. The number of hydrogen-bond acceptors (Lipinski definition) is 2. The average molecular weight is 369 g/mol. The lowest BCUT2D eigenvalue weighted by molar-refractivity contribution is -0.151. The Balaban J connectivity index is 1.40. The van der Waals surface area contributed by atoms with Crippen LogP contribution < -0.4 is 0 Å². The van der Waals surface area contributed by atoms with Crippen LogP contribution in [0.4, 0.5) is 0 Å². The maximum Gasteiger partial charge on any atom is 0.306 e. The number of hydrogen-bond donors (Lipinski definition) is 0. The van der Waals surface area contributed by atoms with Gasteiger partial charge in [-0.2, -0.15) is 0 Å². The number of carbonyl (C=O) groups excluding carboxylic acids is 1.